The van der Waals surface area contributed by atoms with Crippen LogP contribution in [0.2, 0.25) is 0 Å². The summed E-state index contributed by atoms with van der Waals surface area (Å²) in [6.45, 7) is 5.93. The van der Waals surface area contributed by atoms with Gasteiger partial charge >= 0.3 is 0 Å². The van der Waals surface area contributed by atoms with Crippen molar-refractivity contribution in [3.8, 4) is 0 Å². The average Bonchev–Trinajstić information content (AvgIpc) is 2.84. The molecule has 0 saturated carbocycles. The number of hydrogen-bond acceptors (Lipinski definition) is 2. The van der Waals surface area contributed by atoms with Crippen molar-refractivity contribution in [2.24, 2.45) is 0 Å². The number of benzene rings is 2. The molecule has 1 heterocycles. The summed E-state index contributed by atoms with van der Waals surface area (Å²) in [6, 6.07) is 17.9. The van der Waals surface area contributed by atoms with Crippen molar-refractivity contribution >= 4 is 5.91 Å². The first kappa shape index (κ1) is 15.2. The molecule has 1 aromatic heterocycles. The first-order valence-corrected chi connectivity index (χ1v) is 7.76. The van der Waals surface area contributed by atoms with Crippen molar-refractivity contribution < 1.29 is 4.79 Å². The highest BCUT2D eigenvalue weighted by Crippen LogP contribution is 2.19. The molecule has 3 aromatic rings. The Morgan fingerprint density at radius 1 is 0.957 bits per heavy atom. The third-order valence-electron chi connectivity index (χ3n) is 4.16. The van der Waals surface area contributed by atoms with Crippen molar-refractivity contribution in [1.29, 1.82) is 0 Å². The second-order valence-corrected chi connectivity index (χ2v) is 5.89. The highest BCUT2D eigenvalue weighted by atomic mass is 16.2. The van der Waals surface area contributed by atoms with E-state index >= 15 is 0 Å². The molecule has 0 bridgehead atoms. The van der Waals surface area contributed by atoms with Crippen LogP contribution in [-0.2, 0) is 6.42 Å². The first-order valence-electron chi connectivity index (χ1n) is 7.76. The summed E-state index contributed by atoms with van der Waals surface area (Å²) in [5, 5.41) is 4.47. The van der Waals surface area contributed by atoms with E-state index in [0.29, 0.717) is 5.56 Å². The fourth-order valence-electron chi connectivity index (χ4n) is 2.75. The maximum atomic E-state index is 12.7. The summed E-state index contributed by atoms with van der Waals surface area (Å²) in [6.07, 6.45) is 0.791. The normalized spacial score (nSPS) is 10.7. The van der Waals surface area contributed by atoms with Crippen molar-refractivity contribution in [1.82, 2.24) is 9.78 Å². The molecule has 0 fully saturated rings. The molecule has 3 rings (SSSR count). The van der Waals surface area contributed by atoms with Crippen LogP contribution in [0.5, 0.6) is 0 Å². The van der Waals surface area contributed by atoms with Crippen LogP contribution >= 0.6 is 0 Å². The van der Waals surface area contributed by atoms with Gasteiger partial charge in [0.25, 0.3) is 5.91 Å². The van der Waals surface area contributed by atoms with Crippen molar-refractivity contribution in [3.63, 3.8) is 0 Å². The fourth-order valence-corrected chi connectivity index (χ4v) is 2.75. The molecule has 0 amide bonds. The quantitative estimate of drug-likeness (QED) is 0.730. The van der Waals surface area contributed by atoms with Crippen LogP contribution in [-0.4, -0.2) is 15.7 Å². The van der Waals surface area contributed by atoms with Crippen LogP contribution in [0.1, 0.15) is 38.4 Å². The predicted octanol–water partition coefficient (Wildman–Crippen LogP) is 4.09. The molecule has 0 aliphatic rings. The fraction of sp³-hybridized carbons (Fsp3) is 0.200. The zero-order valence-corrected chi connectivity index (χ0v) is 13.7. The number of rotatable bonds is 3. The molecule has 23 heavy (non-hydrogen) atoms. The molecular weight excluding hydrogens is 284 g/mol. The molecule has 2 aromatic carbocycles. The summed E-state index contributed by atoms with van der Waals surface area (Å²) in [5.41, 5.74) is 5.97. The van der Waals surface area contributed by atoms with Crippen LogP contribution < -0.4 is 0 Å². The van der Waals surface area contributed by atoms with Crippen LogP contribution in [0, 0.1) is 20.8 Å². The first-order chi connectivity index (χ1) is 11.1. The van der Waals surface area contributed by atoms with Gasteiger partial charge in [-0.1, -0.05) is 48.0 Å². The Morgan fingerprint density at radius 2 is 1.61 bits per heavy atom. The molecule has 0 unspecified atom stereocenters. The lowest BCUT2D eigenvalue weighted by Gasteiger charge is -2.05. The van der Waals surface area contributed by atoms with Gasteiger partial charge in [-0.2, -0.15) is 5.10 Å². The predicted molar refractivity (Wildman–Crippen MR) is 91.9 cm³/mol. The summed E-state index contributed by atoms with van der Waals surface area (Å²) in [5.74, 6) is -0.0788. The van der Waals surface area contributed by atoms with E-state index in [9.17, 15) is 4.79 Å². The molecule has 116 valence electrons. The van der Waals surface area contributed by atoms with E-state index in [0.717, 1.165) is 28.9 Å². The maximum Gasteiger partial charge on any atom is 0.278 e. The summed E-state index contributed by atoms with van der Waals surface area (Å²) in [7, 11) is 0. The monoisotopic (exact) mass is 304 g/mol. The second kappa shape index (κ2) is 6.21. The molecule has 0 radical (unpaired) electrons. The van der Waals surface area contributed by atoms with Gasteiger partial charge in [0.05, 0.1) is 5.69 Å². The van der Waals surface area contributed by atoms with E-state index in [1.165, 1.54) is 10.2 Å². The third-order valence-corrected chi connectivity index (χ3v) is 4.16. The molecule has 0 atom stereocenters. The molecule has 0 aliphatic carbocycles. The Balaban J connectivity index is 1.94. The van der Waals surface area contributed by atoms with Gasteiger partial charge in [-0.05, 0) is 38.5 Å². The Morgan fingerprint density at radius 3 is 2.26 bits per heavy atom. The van der Waals surface area contributed by atoms with Crippen LogP contribution in [0.4, 0.5) is 0 Å². The van der Waals surface area contributed by atoms with Crippen molar-refractivity contribution in [2.45, 2.75) is 27.2 Å². The van der Waals surface area contributed by atoms with Gasteiger partial charge in [0, 0.05) is 23.2 Å². The largest absolute Gasteiger partial charge is 0.278 e. The van der Waals surface area contributed by atoms with E-state index in [4.69, 9.17) is 0 Å². The topological polar surface area (TPSA) is 34.9 Å². The minimum atomic E-state index is -0.0788. The van der Waals surface area contributed by atoms with Gasteiger partial charge in [0.2, 0.25) is 0 Å². The zero-order valence-electron chi connectivity index (χ0n) is 13.7. The third kappa shape index (κ3) is 3.09. The van der Waals surface area contributed by atoms with Crippen LogP contribution in [0.15, 0.2) is 54.6 Å². The number of aryl methyl sites for hydroxylation is 2. The number of hydrogen-bond donors (Lipinski definition) is 0. The summed E-state index contributed by atoms with van der Waals surface area (Å²) < 4.78 is 1.53. The van der Waals surface area contributed by atoms with Gasteiger partial charge in [-0.15, -0.1) is 0 Å². The van der Waals surface area contributed by atoms with E-state index in [-0.39, 0.29) is 5.91 Å². The average molecular weight is 304 g/mol. The lowest BCUT2D eigenvalue weighted by molar-refractivity contribution is 0.0942. The standard InChI is InChI=1S/C20H20N2O/c1-14-9-11-18(12-10-14)20(23)22-16(3)19(15(2)21-22)13-17-7-5-4-6-8-17/h4-12H,13H2,1-3H3. The summed E-state index contributed by atoms with van der Waals surface area (Å²) >= 11 is 0. The minimum absolute atomic E-state index is 0.0788. The SMILES string of the molecule is Cc1ccc(C(=O)n2nc(C)c(Cc3ccccc3)c2C)cc1. The smallest absolute Gasteiger partial charge is 0.267 e. The van der Waals surface area contributed by atoms with Gasteiger partial charge in [-0.25, -0.2) is 4.68 Å². The van der Waals surface area contributed by atoms with Crippen LogP contribution in [0.3, 0.4) is 0 Å². The van der Waals surface area contributed by atoms with Gasteiger partial charge in [-0.3, -0.25) is 4.79 Å². The minimum Gasteiger partial charge on any atom is -0.267 e. The maximum absolute atomic E-state index is 12.7. The molecule has 0 spiro atoms. The van der Waals surface area contributed by atoms with Crippen molar-refractivity contribution in [2.75, 3.05) is 0 Å². The van der Waals surface area contributed by atoms with E-state index in [2.05, 4.69) is 17.2 Å². The van der Waals surface area contributed by atoms with Gasteiger partial charge in [0.15, 0.2) is 0 Å². The highest BCUT2D eigenvalue weighted by molar-refractivity contribution is 5.96. The van der Waals surface area contributed by atoms with Crippen molar-refractivity contribution in [3.05, 3.63) is 88.2 Å². The van der Waals surface area contributed by atoms with Crippen LogP contribution in [0.25, 0.3) is 0 Å². The number of aromatic nitrogens is 2. The lowest BCUT2D eigenvalue weighted by Crippen LogP contribution is -2.15. The van der Waals surface area contributed by atoms with E-state index < -0.39 is 0 Å². The Bertz CT molecular complexity index is 830. The second-order valence-electron chi connectivity index (χ2n) is 5.89. The number of carbonyl (C=O) groups is 1. The lowest BCUT2D eigenvalue weighted by atomic mass is 10.0. The zero-order chi connectivity index (χ0) is 16.4. The summed E-state index contributed by atoms with van der Waals surface area (Å²) in [4.78, 5) is 12.7. The Hall–Kier alpha value is -2.68. The Kier molecular flexibility index (Phi) is 4.11. The number of carbonyl (C=O) groups excluding carboxylic acids is 1. The Labute approximate surface area is 136 Å². The highest BCUT2D eigenvalue weighted by Gasteiger charge is 2.17. The van der Waals surface area contributed by atoms with Gasteiger partial charge < -0.3 is 0 Å². The molecule has 0 saturated heterocycles. The molecular formula is C20H20N2O. The molecule has 0 N–H and O–H groups in total. The van der Waals surface area contributed by atoms with E-state index in [1.54, 1.807) is 0 Å². The number of nitrogens with zero attached hydrogens (tertiary/aromatic N) is 2. The molecule has 3 heteroatoms. The van der Waals surface area contributed by atoms with Gasteiger partial charge in [0.1, 0.15) is 0 Å². The van der Waals surface area contributed by atoms with E-state index in [1.807, 2.05) is 63.2 Å². The molecule has 0 aliphatic heterocycles. The molecule has 3 nitrogen and oxygen atoms in total.